The molecule has 0 saturated carbocycles. The summed E-state index contributed by atoms with van der Waals surface area (Å²) in [5.41, 5.74) is 7.05. The molecule has 3 N–H and O–H groups in total. The molecule has 0 unspecified atom stereocenters. The Kier molecular flexibility index (Phi) is 6.67. The van der Waals surface area contributed by atoms with Crippen LogP contribution in [-0.2, 0) is 14.8 Å². The van der Waals surface area contributed by atoms with Gasteiger partial charge in [0.05, 0.1) is 23.3 Å². The van der Waals surface area contributed by atoms with Crippen molar-refractivity contribution in [1.29, 1.82) is 5.26 Å². The number of hydrogen-bond donors (Lipinski definition) is 2. The Bertz CT molecular complexity index is 1570. The highest BCUT2D eigenvalue weighted by atomic mass is 32.2. The lowest BCUT2D eigenvalue weighted by Crippen LogP contribution is -2.15. The number of aryl methyl sites for hydroxylation is 1. The molecule has 0 aliphatic heterocycles. The maximum atomic E-state index is 13.3. The monoisotopic (exact) mass is 502 g/mol. The quantitative estimate of drug-likeness (QED) is 0.352. The number of carbonyl (C=O) groups excluding carboxylic acids is 1. The van der Waals surface area contributed by atoms with Gasteiger partial charge in [-0.05, 0) is 61.0 Å². The van der Waals surface area contributed by atoms with E-state index in [4.69, 9.17) is 15.2 Å². The summed E-state index contributed by atoms with van der Waals surface area (Å²) in [6.07, 6.45) is 1.36. The molecular weight excluding hydrogens is 480 g/mol. The van der Waals surface area contributed by atoms with Crippen LogP contribution in [0.5, 0.6) is 11.5 Å². The van der Waals surface area contributed by atoms with Crippen LogP contribution in [0.15, 0.2) is 83.9 Å². The molecule has 0 aliphatic rings. The minimum atomic E-state index is -4.01. The second kappa shape index (κ2) is 9.85. The number of hydrogen-bond acceptors (Lipinski definition) is 7. The average molecular weight is 503 g/mol. The van der Waals surface area contributed by atoms with Crippen molar-refractivity contribution in [2.24, 2.45) is 0 Å². The fraction of sp³-hybridized carbons (Fsp3) is 0.0769. The van der Waals surface area contributed by atoms with E-state index in [1.54, 1.807) is 43.3 Å². The Morgan fingerprint density at radius 2 is 1.69 bits per heavy atom. The van der Waals surface area contributed by atoms with E-state index in [9.17, 15) is 18.5 Å². The number of para-hydroxylation sites is 1. The number of rotatable bonds is 7. The molecule has 0 spiro atoms. The third kappa shape index (κ3) is 4.87. The third-order valence-corrected chi connectivity index (χ3v) is 6.89. The molecule has 0 radical (unpaired) electrons. The summed E-state index contributed by atoms with van der Waals surface area (Å²) in [7, 11) is -2.82. The molecule has 0 saturated heterocycles. The minimum Gasteiger partial charge on any atom is -0.464 e. The molecule has 182 valence electrons. The molecule has 10 heteroatoms. The van der Waals surface area contributed by atoms with Crippen molar-refractivity contribution >= 4 is 27.4 Å². The lowest BCUT2D eigenvalue weighted by atomic mass is 10.2. The summed E-state index contributed by atoms with van der Waals surface area (Å²) in [6.45, 7) is 1.65. The predicted molar refractivity (Wildman–Crippen MR) is 135 cm³/mol. The molecule has 1 heterocycles. The van der Waals surface area contributed by atoms with Crippen LogP contribution in [-0.4, -0.2) is 26.1 Å². The number of ether oxygens (including phenoxy) is 2. The van der Waals surface area contributed by atoms with Crippen LogP contribution >= 0.6 is 0 Å². The average Bonchev–Trinajstić information content (AvgIpc) is 3.21. The SMILES string of the molecule is COC(=O)c1c(N)c(C#N)cn1-c1ccc(C)c(S(=O)(=O)Nc2ccc(Oc3ccccc3)cc2)c1. The number of esters is 1. The zero-order valence-electron chi connectivity index (χ0n) is 19.4. The third-order valence-electron chi connectivity index (χ3n) is 5.37. The van der Waals surface area contributed by atoms with Gasteiger partial charge in [0.25, 0.3) is 10.0 Å². The van der Waals surface area contributed by atoms with E-state index in [1.165, 1.54) is 23.9 Å². The second-order valence-electron chi connectivity index (χ2n) is 7.77. The number of benzene rings is 3. The van der Waals surface area contributed by atoms with Gasteiger partial charge in [-0.2, -0.15) is 5.26 Å². The van der Waals surface area contributed by atoms with Gasteiger partial charge in [-0.1, -0.05) is 24.3 Å². The van der Waals surface area contributed by atoms with Gasteiger partial charge >= 0.3 is 5.97 Å². The fourth-order valence-electron chi connectivity index (χ4n) is 3.57. The standard InChI is InChI=1S/C26H22N4O5S/c1-17-8-11-20(30-16-18(15-27)24(28)25(30)26(31)34-2)14-23(17)36(32,33)29-19-9-12-22(13-10-19)35-21-6-4-3-5-7-21/h3-14,16,29H,28H2,1-2H3. The zero-order chi connectivity index (χ0) is 25.9. The number of anilines is 2. The van der Waals surface area contributed by atoms with Crippen LogP contribution in [0.2, 0.25) is 0 Å². The molecule has 0 atom stereocenters. The number of methoxy groups -OCH3 is 1. The van der Waals surface area contributed by atoms with Gasteiger partial charge in [0, 0.05) is 17.6 Å². The molecule has 3 aromatic carbocycles. The molecule has 4 aromatic rings. The van der Waals surface area contributed by atoms with Crippen molar-refractivity contribution in [2.45, 2.75) is 11.8 Å². The highest BCUT2D eigenvalue weighted by Gasteiger charge is 2.24. The van der Waals surface area contributed by atoms with Crippen LogP contribution in [0, 0.1) is 18.3 Å². The van der Waals surface area contributed by atoms with Gasteiger partial charge in [0.2, 0.25) is 0 Å². The Hall–Kier alpha value is -4.75. The number of nitrogens with one attached hydrogen (secondary N) is 1. The Balaban J connectivity index is 1.64. The molecule has 36 heavy (non-hydrogen) atoms. The van der Waals surface area contributed by atoms with Crippen LogP contribution < -0.4 is 15.2 Å². The molecule has 0 bridgehead atoms. The molecule has 4 rings (SSSR count). The first-order chi connectivity index (χ1) is 17.2. The van der Waals surface area contributed by atoms with Crippen LogP contribution in [0.4, 0.5) is 11.4 Å². The first-order valence-electron chi connectivity index (χ1n) is 10.7. The van der Waals surface area contributed by atoms with Crippen molar-refractivity contribution in [3.63, 3.8) is 0 Å². The van der Waals surface area contributed by atoms with E-state index in [0.29, 0.717) is 28.4 Å². The summed E-state index contributed by atoms with van der Waals surface area (Å²) in [5, 5.41) is 9.34. The molecule has 0 aliphatic carbocycles. The van der Waals surface area contributed by atoms with E-state index >= 15 is 0 Å². The molecule has 0 amide bonds. The van der Waals surface area contributed by atoms with Crippen molar-refractivity contribution in [1.82, 2.24) is 4.57 Å². The summed E-state index contributed by atoms with van der Waals surface area (Å²) in [6, 6.07) is 22.3. The lowest BCUT2D eigenvalue weighted by molar-refractivity contribution is 0.0593. The van der Waals surface area contributed by atoms with Gasteiger partial charge in [-0.25, -0.2) is 13.2 Å². The Morgan fingerprint density at radius 1 is 1.03 bits per heavy atom. The smallest absolute Gasteiger partial charge is 0.357 e. The Morgan fingerprint density at radius 3 is 2.33 bits per heavy atom. The lowest BCUT2D eigenvalue weighted by Gasteiger charge is -2.14. The predicted octanol–water partition coefficient (Wildman–Crippen LogP) is 4.62. The second-order valence-corrected chi connectivity index (χ2v) is 9.42. The van der Waals surface area contributed by atoms with E-state index in [2.05, 4.69) is 4.72 Å². The summed E-state index contributed by atoms with van der Waals surface area (Å²) < 4.78 is 41.0. The maximum absolute atomic E-state index is 13.3. The number of sulfonamides is 1. The van der Waals surface area contributed by atoms with Gasteiger partial charge in [0.15, 0.2) is 5.69 Å². The molecule has 9 nitrogen and oxygen atoms in total. The fourth-order valence-corrected chi connectivity index (χ4v) is 4.90. The summed E-state index contributed by atoms with van der Waals surface area (Å²) >= 11 is 0. The zero-order valence-corrected chi connectivity index (χ0v) is 20.2. The topological polar surface area (TPSA) is 136 Å². The van der Waals surface area contributed by atoms with E-state index in [-0.39, 0.29) is 21.8 Å². The molecule has 0 fully saturated rings. The van der Waals surface area contributed by atoms with Gasteiger partial charge in [-0.15, -0.1) is 0 Å². The number of aromatic nitrogens is 1. The van der Waals surface area contributed by atoms with E-state index in [1.807, 2.05) is 36.4 Å². The minimum absolute atomic E-state index is 0.00814. The number of carbonyl (C=O) groups is 1. The van der Waals surface area contributed by atoms with Crippen molar-refractivity contribution in [3.8, 4) is 23.3 Å². The highest BCUT2D eigenvalue weighted by molar-refractivity contribution is 7.92. The number of nitrogen functional groups attached to an aromatic ring is 1. The maximum Gasteiger partial charge on any atom is 0.357 e. The first-order valence-corrected chi connectivity index (χ1v) is 12.2. The number of nitriles is 1. The van der Waals surface area contributed by atoms with Crippen LogP contribution in [0.1, 0.15) is 21.6 Å². The van der Waals surface area contributed by atoms with E-state index < -0.39 is 16.0 Å². The Labute approximate surface area is 208 Å². The summed E-state index contributed by atoms with van der Waals surface area (Å²) in [5.74, 6) is 0.459. The van der Waals surface area contributed by atoms with E-state index in [0.717, 1.165) is 0 Å². The van der Waals surface area contributed by atoms with Gasteiger partial charge in [0.1, 0.15) is 17.6 Å². The van der Waals surface area contributed by atoms with Crippen LogP contribution in [0.3, 0.4) is 0 Å². The first kappa shape index (κ1) is 24.4. The van der Waals surface area contributed by atoms with Crippen molar-refractivity contribution < 1.29 is 22.7 Å². The van der Waals surface area contributed by atoms with Gasteiger partial charge in [-0.3, -0.25) is 4.72 Å². The van der Waals surface area contributed by atoms with Crippen LogP contribution in [0.25, 0.3) is 5.69 Å². The highest BCUT2D eigenvalue weighted by Crippen LogP contribution is 2.29. The molecule has 1 aromatic heterocycles. The normalized spacial score (nSPS) is 10.9. The van der Waals surface area contributed by atoms with Crippen molar-refractivity contribution in [3.05, 3.63) is 95.8 Å². The molecular formula is C26H22N4O5S. The van der Waals surface area contributed by atoms with Gasteiger partial charge < -0.3 is 19.8 Å². The summed E-state index contributed by atoms with van der Waals surface area (Å²) in [4.78, 5) is 12.3. The van der Waals surface area contributed by atoms with Crippen molar-refractivity contribution in [2.75, 3.05) is 17.6 Å². The number of nitrogens with zero attached hydrogens (tertiary/aromatic N) is 2. The number of nitrogens with two attached hydrogens (primary N) is 1. The largest absolute Gasteiger partial charge is 0.464 e.